The number of carbonyl (C=O) groups is 1. The monoisotopic (exact) mass is 559 g/mol. The van der Waals surface area contributed by atoms with Gasteiger partial charge in [-0.25, -0.2) is 4.98 Å². The maximum absolute atomic E-state index is 13.0. The number of anilines is 1. The number of alkyl halides is 3. The molecule has 0 atom stereocenters. The van der Waals surface area contributed by atoms with Crippen molar-refractivity contribution in [3.8, 4) is 16.9 Å². The van der Waals surface area contributed by atoms with Crippen LogP contribution in [-0.2, 0) is 0 Å². The van der Waals surface area contributed by atoms with Gasteiger partial charge in [0, 0.05) is 42.1 Å². The van der Waals surface area contributed by atoms with Gasteiger partial charge in [-0.05, 0) is 49.9 Å². The number of nitrogens with one attached hydrogen (secondary N) is 1. The number of benzene rings is 2. The molecule has 0 bridgehead atoms. The number of nitrogens with zero attached hydrogens (tertiary/aromatic N) is 2. The Morgan fingerprint density at radius 3 is 2.50 bits per heavy atom. The molecule has 200 valence electrons. The molecule has 0 aliphatic carbocycles. The number of amides is 1. The highest BCUT2D eigenvalue weighted by Gasteiger charge is 2.31. The highest BCUT2D eigenvalue weighted by molar-refractivity contribution is 7.80. The summed E-state index contributed by atoms with van der Waals surface area (Å²) in [6, 6.07) is 12.6. The van der Waals surface area contributed by atoms with Crippen LogP contribution in [0.1, 0.15) is 54.0 Å². The van der Waals surface area contributed by atoms with Crippen LogP contribution in [0.3, 0.4) is 0 Å². The van der Waals surface area contributed by atoms with E-state index in [1.807, 2.05) is 6.92 Å². The van der Waals surface area contributed by atoms with Crippen LogP contribution in [0, 0.1) is 0 Å². The molecular weight excluding hydrogens is 531 g/mol. The molecule has 2 aromatic carbocycles. The SMILES string of the molecule is C=C(C)CCC(=S)N1CCC(c2nc(C(=O)Nc3ccccc3-c3ccc(OC(F)(F)F)cc3)cs2)CC1. The quantitative estimate of drug-likeness (QED) is 0.225. The molecule has 5 nitrogen and oxygen atoms in total. The van der Waals surface area contributed by atoms with Crippen LogP contribution in [0.25, 0.3) is 11.1 Å². The summed E-state index contributed by atoms with van der Waals surface area (Å²) in [6.45, 7) is 7.71. The fourth-order valence-electron chi connectivity index (χ4n) is 4.30. The lowest BCUT2D eigenvalue weighted by atomic mass is 9.97. The highest BCUT2D eigenvalue weighted by atomic mass is 32.1. The van der Waals surface area contributed by atoms with E-state index in [1.165, 1.54) is 35.6 Å². The number of rotatable bonds is 8. The van der Waals surface area contributed by atoms with E-state index in [0.717, 1.165) is 54.3 Å². The van der Waals surface area contributed by atoms with Crippen LogP contribution in [0.15, 0.2) is 66.1 Å². The lowest BCUT2D eigenvalue weighted by molar-refractivity contribution is -0.274. The topological polar surface area (TPSA) is 54.5 Å². The second kappa shape index (κ2) is 12.1. The Kier molecular flexibility index (Phi) is 8.83. The number of allylic oxidation sites excluding steroid dienone is 1. The van der Waals surface area contributed by atoms with Gasteiger partial charge >= 0.3 is 6.36 Å². The molecule has 4 rings (SSSR count). The minimum absolute atomic E-state index is 0.284. The van der Waals surface area contributed by atoms with Gasteiger partial charge in [0.15, 0.2) is 0 Å². The summed E-state index contributed by atoms with van der Waals surface area (Å²) in [5, 5.41) is 5.61. The lowest BCUT2D eigenvalue weighted by Gasteiger charge is -2.33. The third-order valence-electron chi connectivity index (χ3n) is 6.29. The van der Waals surface area contributed by atoms with E-state index in [-0.39, 0.29) is 17.6 Å². The van der Waals surface area contributed by atoms with E-state index in [1.54, 1.807) is 29.6 Å². The molecule has 1 N–H and O–H groups in total. The van der Waals surface area contributed by atoms with E-state index in [0.29, 0.717) is 22.5 Å². The van der Waals surface area contributed by atoms with Crippen molar-refractivity contribution < 1.29 is 22.7 Å². The van der Waals surface area contributed by atoms with Gasteiger partial charge in [0.1, 0.15) is 11.4 Å². The molecule has 1 aliphatic rings. The third-order valence-corrected chi connectivity index (χ3v) is 7.76. The number of para-hydroxylation sites is 1. The lowest BCUT2D eigenvalue weighted by Crippen LogP contribution is -2.36. The first-order valence-corrected chi connectivity index (χ1v) is 13.5. The molecule has 1 fully saturated rings. The van der Waals surface area contributed by atoms with Crippen molar-refractivity contribution in [2.75, 3.05) is 18.4 Å². The molecule has 1 saturated heterocycles. The van der Waals surface area contributed by atoms with Gasteiger partial charge in [-0.1, -0.05) is 48.1 Å². The molecule has 0 unspecified atom stereocenters. The number of hydrogen-bond donors (Lipinski definition) is 1. The molecule has 0 spiro atoms. The van der Waals surface area contributed by atoms with Crippen LogP contribution >= 0.6 is 23.6 Å². The predicted molar refractivity (Wildman–Crippen MR) is 149 cm³/mol. The van der Waals surface area contributed by atoms with Crippen LogP contribution < -0.4 is 10.1 Å². The van der Waals surface area contributed by atoms with Gasteiger partial charge < -0.3 is 15.0 Å². The Morgan fingerprint density at radius 2 is 1.84 bits per heavy atom. The van der Waals surface area contributed by atoms with Crippen molar-refractivity contribution >= 4 is 40.1 Å². The van der Waals surface area contributed by atoms with Crippen molar-refractivity contribution in [2.24, 2.45) is 0 Å². The second-order valence-electron chi connectivity index (χ2n) is 9.26. The number of carbonyl (C=O) groups excluding carboxylic acids is 1. The van der Waals surface area contributed by atoms with Crippen LogP contribution in [0.4, 0.5) is 18.9 Å². The summed E-state index contributed by atoms with van der Waals surface area (Å²) in [5.74, 6) is -0.362. The molecule has 0 radical (unpaired) electrons. The van der Waals surface area contributed by atoms with E-state index in [9.17, 15) is 18.0 Å². The molecule has 2 heterocycles. The molecule has 1 aliphatic heterocycles. The number of thiocarbonyl (C=S) groups is 1. The summed E-state index contributed by atoms with van der Waals surface area (Å²) in [7, 11) is 0. The molecule has 3 aromatic rings. The zero-order chi connectivity index (χ0) is 27.3. The summed E-state index contributed by atoms with van der Waals surface area (Å²) >= 11 is 7.07. The van der Waals surface area contributed by atoms with Crippen molar-refractivity contribution in [3.05, 3.63) is 76.8 Å². The van der Waals surface area contributed by atoms with Gasteiger partial charge in [0.25, 0.3) is 5.91 Å². The fourth-order valence-corrected chi connectivity index (χ4v) is 5.56. The number of piperidine rings is 1. The smallest absolute Gasteiger partial charge is 0.406 e. The fraction of sp³-hybridized carbons (Fsp3) is 0.321. The molecule has 38 heavy (non-hydrogen) atoms. The number of halogens is 3. The number of likely N-dealkylation sites (tertiary alicyclic amines) is 1. The zero-order valence-corrected chi connectivity index (χ0v) is 22.5. The van der Waals surface area contributed by atoms with Crippen LogP contribution in [-0.4, -0.2) is 40.2 Å². The van der Waals surface area contributed by atoms with E-state index < -0.39 is 6.36 Å². The molecule has 0 saturated carbocycles. The molecule has 1 aromatic heterocycles. The van der Waals surface area contributed by atoms with Crippen molar-refractivity contribution in [1.29, 1.82) is 0 Å². The van der Waals surface area contributed by atoms with Crippen LogP contribution in [0.5, 0.6) is 5.75 Å². The average Bonchev–Trinajstić information content (AvgIpc) is 3.38. The van der Waals surface area contributed by atoms with Crippen molar-refractivity contribution in [3.63, 3.8) is 0 Å². The van der Waals surface area contributed by atoms with Gasteiger partial charge in [0.05, 0.1) is 10.00 Å². The largest absolute Gasteiger partial charge is 0.573 e. The zero-order valence-electron chi connectivity index (χ0n) is 20.9. The molecule has 10 heteroatoms. The summed E-state index contributed by atoms with van der Waals surface area (Å²) in [6.07, 6.45) is -1.14. The van der Waals surface area contributed by atoms with Gasteiger partial charge in [-0.15, -0.1) is 31.1 Å². The van der Waals surface area contributed by atoms with E-state index in [2.05, 4.69) is 26.5 Å². The Balaban J connectivity index is 1.38. The Hall–Kier alpha value is -3.24. The van der Waals surface area contributed by atoms with Gasteiger partial charge in [-0.3, -0.25) is 4.79 Å². The minimum atomic E-state index is -4.76. The predicted octanol–water partition coefficient (Wildman–Crippen LogP) is 7.82. The number of thiazole rings is 1. The Morgan fingerprint density at radius 1 is 1.16 bits per heavy atom. The maximum Gasteiger partial charge on any atom is 0.573 e. The first-order valence-electron chi connectivity index (χ1n) is 12.2. The minimum Gasteiger partial charge on any atom is -0.406 e. The Bertz CT molecular complexity index is 1300. The van der Waals surface area contributed by atoms with Crippen molar-refractivity contribution in [2.45, 2.75) is 44.9 Å². The summed E-state index contributed by atoms with van der Waals surface area (Å²) < 4.78 is 41.4. The summed E-state index contributed by atoms with van der Waals surface area (Å²) in [5.41, 5.74) is 3.32. The average molecular weight is 560 g/mol. The highest BCUT2D eigenvalue weighted by Crippen LogP contribution is 2.33. The standard InChI is InChI=1S/C28H28F3N3O2S2/c1-18(2)7-12-25(37)34-15-13-20(14-16-34)27-33-24(17-38-27)26(35)32-23-6-4-3-5-22(23)19-8-10-21(11-9-19)36-28(29,30)31/h3-6,8-11,17,20H,1,7,12-16H2,2H3,(H,32,35). The summed E-state index contributed by atoms with van der Waals surface area (Å²) in [4.78, 5) is 20.9. The normalized spacial score (nSPS) is 14.3. The molecule has 1 amide bonds. The van der Waals surface area contributed by atoms with Gasteiger partial charge in [0.2, 0.25) is 0 Å². The molecular formula is C28H28F3N3O2S2. The second-order valence-corrected chi connectivity index (χ2v) is 10.6. The van der Waals surface area contributed by atoms with E-state index >= 15 is 0 Å². The van der Waals surface area contributed by atoms with Crippen molar-refractivity contribution in [1.82, 2.24) is 9.88 Å². The number of aromatic nitrogens is 1. The number of hydrogen-bond acceptors (Lipinski definition) is 5. The van der Waals surface area contributed by atoms with E-state index in [4.69, 9.17) is 12.2 Å². The Labute approximate surface area is 229 Å². The maximum atomic E-state index is 13.0. The number of ether oxygens (including phenoxy) is 1. The third kappa shape index (κ3) is 7.41. The van der Waals surface area contributed by atoms with Gasteiger partial charge in [-0.2, -0.15) is 0 Å². The van der Waals surface area contributed by atoms with Crippen LogP contribution in [0.2, 0.25) is 0 Å². The first kappa shape index (κ1) is 27.8. The first-order chi connectivity index (χ1) is 18.1.